The Balaban J connectivity index is 1.38. The monoisotopic (exact) mass is 463 g/mol. The van der Waals surface area contributed by atoms with Crippen LogP contribution >= 0.6 is 0 Å². The summed E-state index contributed by atoms with van der Waals surface area (Å²) < 4.78 is 6.02. The van der Waals surface area contributed by atoms with Crippen molar-refractivity contribution in [3.63, 3.8) is 0 Å². The number of benzene rings is 2. The molecule has 6 N–H and O–H groups in total. The minimum Gasteiger partial charge on any atom is -0.489 e. The summed E-state index contributed by atoms with van der Waals surface area (Å²) in [5.74, 6) is -1.10. The lowest BCUT2D eigenvalue weighted by atomic mass is 10.0. The van der Waals surface area contributed by atoms with E-state index in [0.29, 0.717) is 30.9 Å². The van der Waals surface area contributed by atoms with Crippen molar-refractivity contribution < 1.29 is 23.9 Å². The Labute approximate surface area is 195 Å². The molecule has 4 rings (SSSR count). The molecule has 2 aliphatic rings. The third-order valence-electron chi connectivity index (χ3n) is 5.80. The van der Waals surface area contributed by atoms with E-state index in [4.69, 9.17) is 16.2 Å². The van der Waals surface area contributed by atoms with Crippen molar-refractivity contribution in [3.8, 4) is 5.75 Å². The number of hydrogen-bond donors (Lipinski definition) is 4. The molecule has 2 aliphatic heterocycles. The van der Waals surface area contributed by atoms with Gasteiger partial charge in [-0.3, -0.25) is 24.5 Å². The van der Waals surface area contributed by atoms with E-state index in [0.717, 1.165) is 16.7 Å². The van der Waals surface area contributed by atoms with E-state index in [2.05, 4.69) is 10.6 Å². The van der Waals surface area contributed by atoms with Gasteiger partial charge < -0.3 is 26.4 Å². The van der Waals surface area contributed by atoms with Crippen LogP contribution in [0.2, 0.25) is 0 Å². The van der Waals surface area contributed by atoms with Crippen molar-refractivity contribution in [2.24, 2.45) is 11.5 Å². The maximum atomic E-state index is 12.9. The number of ether oxygens (including phenoxy) is 1. The first-order valence-corrected chi connectivity index (χ1v) is 10.8. The van der Waals surface area contributed by atoms with Gasteiger partial charge in [-0.15, -0.1) is 0 Å². The lowest BCUT2D eigenvalue weighted by Crippen LogP contribution is -2.52. The number of fused-ring (bicyclic) bond motifs is 1. The SMILES string of the molecule is NC(=O)/C(N)=C/NCc1ccc(COc2cccc3c2CN(C2CCC(=O)NC2=O)C3=O)cc1. The molecule has 1 fully saturated rings. The Hall–Kier alpha value is -4.34. The Morgan fingerprint density at radius 2 is 1.85 bits per heavy atom. The first kappa shape index (κ1) is 22.8. The molecule has 2 aromatic carbocycles. The van der Waals surface area contributed by atoms with Crippen LogP contribution in [0.15, 0.2) is 54.4 Å². The number of imide groups is 1. The number of nitrogens with two attached hydrogens (primary N) is 2. The number of amides is 4. The van der Waals surface area contributed by atoms with Gasteiger partial charge in [-0.25, -0.2) is 0 Å². The highest BCUT2D eigenvalue weighted by atomic mass is 16.5. The molecule has 0 spiro atoms. The Bertz CT molecular complexity index is 1170. The van der Waals surface area contributed by atoms with Crippen molar-refractivity contribution in [3.05, 3.63) is 76.6 Å². The summed E-state index contributed by atoms with van der Waals surface area (Å²) in [5.41, 5.74) is 13.6. The number of rotatable bonds is 8. The lowest BCUT2D eigenvalue weighted by molar-refractivity contribution is -0.137. The molecule has 0 aromatic heterocycles. The molecular weight excluding hydrogens is 438 g/mol. The highest BCUT2D eigenvalue weighted by Crippen LogP contribution is 2.33. The van der Waals surface area contributed by atoms with E-state index in [1.165, 1.54) is 11.1 Å². The van der Waals surface area contributed by atoms with Crippen LogP contribution < -0.4 is 26.8 Å². The molecule has 1 saturated heterocycles. The van der Waals surface area contributed by atoms with E-state index in [-0.39, 0.29) is 30.5 Å². The number of nitrogens with one attached hydrogen (secondary N) is 2. The van der Waals surface area contributed by atoms with E-state index < -0.39 is 17.9 Å². The molecule has 2 aromatic rings. The van der Waals surface area contributed by atoms with Crippen LogP contribution in [-0.4, -0.2) is 34.6 Å². The highest BCUT2D eigenvalue weighted by Gasteiger charge is 2.40. The highest BCUT2D eigenvalue weighted by molar-refractivity contribution is 6.05. The fourth-order valence-electron chi connectivity index (χ4n) is 3.96. The molecule has 10 nitrogen and oxygen atoms in total. The fraction of sp³-hybridized carbons (Fsp3) is 0.250. The first-order chi connectivity index (χ1) is 16.3. The second-order valence-electron chi connectivity index (χ2n) is 8.13. The zero-order valence-corrected chi connectivity index (χ0v) is 18.4. The van der Waals surface area contributed by atoms with Gasteiger partial charge in [-0.2, -0.15) is 0 Å². The smallest absolute Gasteiger partial charge is 0.266 e. The number of primary amides is 1. The van der Waals surface area contributed by atoms with E-state index in [1.807, 2.05) is 24.3 Å². The minimum absolute atomic E-state index is 0.0462. The van der Waals surface area contributed by atoms with Crippen LogP contribution in [0.5, 0.6) is 5.75 Å². The topological polar surface area (TPSA) is 157 Å². The van der Waals surface area contributed by atoms with Gasteiger partial charge in [0.25, 0.3) is 11.8 Å². The lowest BCUT2D eigenvalue weighted by Gasteiger charge is -2.29. The molecule has 10 heteroatoms. The number of carbonyl (C=O) groups excluding carboxylic acids is 4. The average molecular weight is 463 g/mol. The summed E-state index contributed by atoms with van der Waals surface area (Å²) in [4.78, 5) is 49.0. The number of carbonyl (C=O) groups is 4. The van der Waals surface area contributed by atoms with Crippen LogP contribution in [0.4, 0.5) is 0 Å². The van der Waals surface area contributed by atoms with Crippen LogP contribution in [0.1, 0.15) is 39.9 Å². The Kier molecular flexibility index (Phi) is 6.48. The largest absolute Gasteiger partial charge is 0.489 e. The summed E-state index contributed by atoms with van der Waals surface area (Å²) in [7, 11) is 0. The molecule has 0 saturated carbocycles. The van der Waals surface area contributed by atoms with Gasteiger partial charge in [0.05, 0.1) is 6.54 Å². The molecule has 176 valence electrons. The van der Waals surface area contributed by atoms with E-state index >= 15 is 0 Å². The standard InChI is InChI=1S/C24H25N5O5/c25-18(22(26)31)11-27-10-14-4-6-15(7-5-14)13-34-20-3-1-2-16-17(20)12-29(24(16)33)19-8-9-21(30)28-23(19)32/h1-7,11,19,27H,8-10,12-13,25H2,(H2,26,31)(H,28,30,32)/b18-11-. The van der Waals surface area contributed by atoms with Crippen molar-refractivity contribution in [1.29, 1.82) is 0 Å². The van der Waals surface area contributed by atoms with E-state index in [9.17, 15) is 19.2 Å². The van der Waals surface area contributed by atoms with Crippen molar-refractivity contribution in [2.45, 2.75) is 38.6 Å². The van der Waals surface area contributed by atoms with Gasteiger partial charge in [-0.1, -0.05) is 30.3 Å². The van der Waals surface area contributed by atoms with Crippen LogP contribution in [0, 0.1) is 0 Å². The van der Waals surface area contributed by atoms with Gasteiger partial charge in [0.15, 0.2) is 0 Å². The van der Waals surface area contributed by atoms with Gasteiger partial charge in [0.2, 0.25) is 11.8 Å². The Morgan fingerprint density at radius 1 is 1.12 bits per heavy atom. The Morgan fingerprint density at radius 3 is 2.56 bits per heavy atom. The zero-order chi connectivity index (χ0) is 24.2. The van der Waals surface area contributed by atoms with Crippen LogP contribution in [0.25, 0.3) is 0 Å². The normalized spacial score (nSPS) is 17.9. The average Bonchev–Trinajstić information content (AvgIpc) is 3.15. The summed E-state index contributed by atoms with van der Waals surface area (Å²) in [6.07, 6.45) is 1.89. The zero-order valence-electron chi connectivity index (χ0n) is 18.4. The summed E-state index contributed by atoms with van der Waals surface area (Å²) in [6, 6.07) is 12.3. The van der Waals surface area contributed by atoms with Gasteiger partial charge >= 0.3 is 0 Å². The van der Waals surface area contributed by atoms with Crippen molar-refractivity contribution >= 4 is 23.6 Å². The maximum absolute atomic E-state index is 12.9. The first-order valence-electron chi connectivity index (χ1n) is 10.8. The molecule has 1 atom stereocenters. The van der Waals surface area contributed by atoms with Crippen LogP contribution in [-0.2, 0) is 34.1 Å². The van der Waals surface area contributed by atoms with Gasteiger partial charge in [-0.05, 0) is 29.7 Å². The summed E-state index contributed by atoms with van der Waals surface area (Å²) in [5, 5.41) is 5.23. The quantitative estimate of drug-likeness (QED) is 0.326. The van der Waals surface area contributed by atoms with Crippen molar-refractivity contribution in [1.82, 2.24) is 15.5 Å². The van der Waals surface area contributed by atoms with Crippen molar-refractivity contribution in [2.75, 3.05) is 0 Å². The molecule has 0 aliphatic carbocycles. The molecular formula is C24H25N5O5. The molecule has 0 bridgehead atoms. The minimum atomic E-state index is -0.686. The second kappa shape index (κ2) is 9.65. The third kappa shape index (κ3) is 4.85. The van der Waals surface area contributed by atoms with Gasteiger partial charge in [0.1, 0.15) is 24.1 Å². The molecule has 34 heavy (non-hydrogen) atoms. The molecule has 2 heterocycles. The predicted octanol–water partition coefficient (Wildman–Crippen LogP) is 0.402. The number of hydrogen-bond acceptors (Lipinski definition) is 7. The molecule has 1 unspecified atom stereocenters. The fourth-order valence-corrected chi connectivity index (χ4v) is 3.96. The third-order valence-corrected chi connectivity index (χ3v) is 5.80. The summed E-state index contributed by atoms with van der Waals surface area (Å²) >= 11 is 0. The number of piperidine rings is 1. The van der Waals surface area contributed by atoms with E-state index in [1.54, 1.807) is 18.2 Å². The maximum Gasteiger partial charge on any atom is 0.266 e. The number of nitrogens with zero attached hydrogens (tertiary/aromatic N) is 1. The van der Waals surface area contributed by atoms with Crippen LogP contribution in [0.3, 0.4) is 0 Å². The predicted molar refractivity (Wildman–Crippen MR) is 122 cm³/mol. The molecule has 4 amide bonds. The van der Waals surface area contributed by atoms with Gasteiger partial charge in [0, 0.05) is 30.3 Å². The second-order valence-corrected chi connectivity index (χ2v) is 8.13. The molecule has 0 radical (unpaired) electrons. The summed E-state index contributed by atoms with van der Waals surface area (Å²) in [6.45, 7) is 1.02.